The minimum Gasteiger partial charge on any atom is -0.497 e. The van der Waals surface area contributed by atoms with Crippen LogP contribution in [-0.4, -0.2) is 25.2 Å². The number of aromatic nitrogens is 1. The van der Waals surface area contributed by atoms with E-state index < -0.39 is 0 Å². The molecule has 0 saturated heterocycles. The number of ether oxygens (including phenoxy) is 1. The van der Waals surface area contributed by atoms with Crippen molar-refractivity contribution in [2.45, 2.75) is 13.8 Å². The first kappa shape index (κ1) is 20.1. The number of hydrogen-bond acceptors (Lipinski definition) is 5. The highest BCUT2D eigenvalue weighted by Gasteiger charge is 2.15. The second-order valence-corrected chi connectivity index (χ2v) is 7.64. The minimum absolute atomic E-state index is 0.717. The fourth-order valence-corrected chi connectivity index (χ4v) is 4.12. The van der Waals surface area contributed by atoms with Crippen LogP contribution in [0.15, 0.2) is 82.2 Å². The molecule has 3 aromatic rings. The van der Waals surface area contributed by atoms with Gasteiger partial charge in [0.1, 0.15) is 17.0 Å². The van der Waals surface area contributed by atoms with E-state index in [4.69, 9.17) is 19.1 Å². The van der Waals surface area contributed by atoms with Crippen molar-refractivity contribution in [3.05, 3.63) is 78.2 Å². The van der Waals surface area contributed by atoms with Crippen molar-refractivity contribution in [2.75, 3.05) is 25.1 Å². The summed E-state index contributed by atoms with van der Waals surface area (Å²) in [6.45, 7) is 6.19. The van der Waals surface area contributed by atoms with E-state index in [-0.39, 0.29) is 0 Å². The Kier molecular flexibility index (Phi) is 5.23. The van der Waals surface area contributed by atoms with E-state index in [0.717, 1.165) is 68.9 Å². The molecule has 0 atom stereocenters. The van der Waals surface area contributed by atoms with Crippen molar-refractivity contribution < 1.29 is 9.15 Å². The van der Waals surface area contributed by atoms with Crippen LogP contribution in [0, 0.1) is 0 Å². The molecule has 0 unspecified atom stereocenters. The maximum Gasteiger partial charge on any atom is 0.155 e. The molecule has 2 aliphatic rings. The van der Waals surface area contributed by atoms with Gasteiger partial charge in [-0.3, -0.25) is 0 Å². The van der Waals surface area contributed by atoms with Gasteiger partial charge in [0.25, 0.3) is 0 Å². The van der Waals surface area contributed by atoms with Gasteiger partial charge in [-0.2, -0.15) is 0 Å². The summed E-state index contributed by atoms with van der Waals surface area (Å²) in [7, 11) is 1.66. The number of rotatable bonds is 5. The van der Waals surface area contributed by atoms with Gasteiger partial charge in [0, 0.05) is 47.7 Å². The lowest BCUT2D eigenvalue weighted by Crippen LogP contribution is -2.21. The average molecular weight is 424 g/mol. The van der Waals surface area contributed by atoms with Crippen LogP contribution in [0.2, 0.25) is 0 Å². The quantitative estimate of drug-likeness (QED) is 0.250. The summed E-state index contributed by atoms with van der Waals surface area (Å²) in [4.78, 5) is 12.2. The summed E-state index contributed by atoms with van der Waals surface area (Å²) in [5.41, 5.74) is 4.41. The van der Waals surface area contributed by atoms with Crippen molar-refractivity contribution in [2.24, 2.45) is 4.99 Å². The minimum atomic E-state index is 0.717. The maximum atomic E-state index is 6.38. The van der Waals surface area contributed by atoms with E-state index in [1.807, 2.05) is 48.5 Å². The van der Waals surface area contributed by atoms with Crippen molar-refractivity contribution in [1.82, 2.24) is 4.98 Å². The van der Waals surface area contributed by atoms with E-state index in [1.54, 1.807) is 7.11 Å². The highest BCUT2D eigenvalue weighted by Crippen LogP contribution is 2.32. The first-order valence-corrected chi connectivity index (χ1v) is 10.9. The molecule has 5 heteroatoms. The lowest BCUT2D eigenvalue weighted by atomic mass is 10.0. The smallest absolute Gasteiger partial charge is 0.155 e. The van der Waals surface area contributed by atoms with Crippen molar-refractivity contribution >= 4 is 33.2 Å². The van der Waals surface area contributed by atoms with Crippen LogP contribution in [-0.2, 0) is 0 Å². The summed E-state index contributed by atoms with van der Waals surface area (Å²) >= 11 is 0. The van der Waals surface area contributed by atoms with Gasteiger partial charge in [-0.25, -0.2) is 9.98 Å². The van der Waals surface area contributed by atoms with Gasteiger partial charge < -0.3 is 14.1 Å². The number of fused-ring (bicyclic) bond motifs is 4. The Bertz CT molecular complexity index is 1450. The Labute approximate surface area is 187 Å². The highest BCUT2D eigenvalue weighted by atomic mass is 16.5. The molecule has 0 bridgehead atoms. The monoisotopic (exact) mass is 423 g/mol. The van der Waals surface area contributed by atoms with Gasteiger partial charge >= 0.3 is 0 Å². The molecule has 5 rings (SSSR count). The van der Waals surface area contributed by atoms with Gasteiger partial charge in [0.15, 0.2) is 11.3 Å². The normalized spacial score (nSPS) is 12.0. The molecule has 0 amide bonds. The molecule has 160 valence electrons. The third kappa shape index (κ3) is 3.56. The zero-order valence-corrected chi connectivity index (χ0v) is 18.5. The van der Waals surface area contributed by atoms with Crippen molar-refractivity contribution in [3.63, 3.8) is 0 Å². The summed E-state index contributed by atoms with van der Waals surface area (Å²) in [6.07, 6.45) is 0. The van der Waals surface area contributed by atoms with Crippen LogP contribution in [0.5, 0.6) is 5.75 Å². The van der Waals surface area contributed by atoms with Gasteiger partial charge in [0.05, 0.1) is 18.2 Å². The Hall–Kier alpha value is -3.86. The fraction of sp³-hybridized carbons (Fsp3) is 0.185. The second kappa shape index (κ2) is 8.35. The molecule has 5 nitrogen and oxygen atoms in total. The van der Waals surface area contributed by atoms with Gasteiger partial charge in [-0.15, -0.1) is 0 Å². The predicted molar refractivity (Wildman–Crippen MR) is 130 cm³/mol. The highest BCUT2D eigenvalue weighted by molar-refractivity contribution is 5.96. The first-order chi connectivity index (χ1) is 15.7. The van der Waals surface area contributed by atoms with Crippen LogP contribution < -0.4 is 15.0 Å². The summed E-state index contributed by atoms with van der Waals surface area (Å²) in [6, 6.07) is 24.1. The maximum absolute atomic E-state index is 6.38. The zero-order valence-electron chi connectivity index (χ0n) is 18.5. The predicted octanol–water partition coefficient (Wildman–Crippen LogP) is 6.17. The molecule has 0 radical (unpaired) electrons. The molecule has 0 aromatic heterocycles. The molecular formula is C27H25N3O2. The van der Waals surface area contributed by atoms with Gasteiger partial charge in [-0.1, -0.05) is 30.3 Å². The van der Waals surface area contributed by atoms with Crippen LogP contribution in [0.25, 0.3) is 33.3 Å². The Balaban J connectivity index is 1.78. The van der Waals surface area contributed by atoms with Crippen molar-refractivity contribution in [3.8, 4) is 17.2 Å². The van der Waals surface area contributed by atoms with Crippen LogP contribution in [0.3, 0.4) is 0 Å². The lowest BCUT2D eigenvalue weighted by Gasteiger charge is -2.21. The van der Waals surface area contributed by atoms with E-state index in [1.165, 1.54) is 0 Å². The topological polar surface area (TPSA) is 50.9 Å². The molecular weight excluding hydrogens is 398 g/mol. The van der Waals surface area contributed by atoms with Gasteiger partial charge in [0.2, 0.25) is 0 Å². The number of anilines is 1. The number of nitrogens with zero attached hydrogens (tertiary/aromatic N) is 3. The average Bonchev–Trinajstić information content (AvgIpc) is 2.84. The van der Waals surface area contributed by atoms with Crippen molar-refractivity contribution in [1.29, 1.82) is 0 Å². The lowest BCUT2D eigenvalue weighted by molar-refractivity contribution is 0.415. The van der Waals surface area contributed by atoms with E-state index >= 15 is 0 Å². The first-order valence-electron chi connectivity index (χ1n) is 10.9. The molecule has 3 aromatic carbocycles. The SMILES string of the molecule is CCN(CC)c1ccc2nc3c4ccccc4c(=Nc4cccc(OC)c4)cc-3oc2c1. The standard InChI is InChI=1S/C27H25N3O2/c1-4-30(5-2)19-13-14-23-25(16-19)32-26-17-24(28-18-9-8-10-20(15-18)31-3)21-11-6-7-12-22(21)27(26)29-23/h6-17H,4-5H2,1-3H3. The summed E-state index contributed by atoms with van der Waals surface area (Å²) in [5.74, 6) is 1.49. The van der Waals surface area contributed by atoms with E-state index in [0.29, 0.717) is 0 Å². The van der Waals surface area contributed by atoms with Crippen LogP contribution in [0.1, 0.15) is 13.8 Å². The zero-order chi connectivity index (χ0) is 22.1. The molecule has 0 N–H and O–H groups in total. The van der Waals surface area contributed by atoms with Crippen LogP contribution in [0.4, 0.5) is 11.4 Å². The summed E-state index contributed by atoms with van der Waals surface area (Å²) < 4.78 is 11.7. The molecule has 0 saturated carbocycles. The van der Waals surface area contributed by atoms with E-state index in [2.05, 4.69) is 43.0 Å². The number of benzene rings is 4. The Morgan fingerprint density at radius 1 is 0.906 bits per heavy atom. The largest absolute Gasteiger partial charge is 0.497 e. The number of methoxy groups -OCH3 is 1. The molecule has 0 fully saturated rings. The fourth-order valence-electron chi connectivity index (χ4n) is 4.12. The summed E-state index contributed by atoms with van der Waals surface area (Å²) in [5, 5.41) is 2.89. The molecule has 1 aliphatic heterocycles. The molecule has 32 heavy (non-hydrogen) atoms. The molecule has 0 spiro atoms. The van der Waals surface area contributed by atoms with Gasteiger partial charge in [-0.05, 0) is 38.1 Å². The number of hydrogen-bond donors (Lipinski definition) is 0. The third-order valence-electron chi connectivity index (χ3n) is 5.79. The van der Waals surface area contributed by atoms with E-state index in [9.17, 15) is 0 Å². The third-order valence-corrected chi connectivity index (χ3v) is 5.79. The Morgan fingerprint density at radius 2 is 1.72 bits per heavy atom. The Morgan fingerprint density at radius 3 is 2.50 bits per heavy atom. The molecule has 1 aliphatic carbocycles. The second-order valence-electron chi connectivity index (χ2n) is 7.64. The molecule has 1 heterocycles. The van der Waals surface area contributed by atoms with Crippen LogP contribution >= 0.6 is 0 Å².